The predicted molar refractivity (Wildman–Crippen MR) is 111 cm³/mol. The summed E-state index contributed by atoms with van der Waals surface area (Å²) < 4.78 is 1.97. The van der Waals surface area contributed by atoms with Crippen LogP contribution in [0.1, 0.15) is 20.3 Å². The van der Waals surface area contributed by atoms with E-state index in [2.05, 4.69) is 30.6 Å². The van der Waals surface area contributed by atoms with Crippen LogP contribution in [0.5, 0.6) is 0 Å². The average molecular weight is 405 g/mol. The fourth-order valence-corrected chi connectivity index (χ4v) is 4.66. The number of aromatic nitrogens is 3. The zero-order valence-electron chi connectivity index (χ0n) is 15.8. The smallest absolute Gasteiger partial charge is 0.233 e. The van der Waals surface area contributed by atoms with Crippen molar-refractivity contribution in [1.82, 2.24) is 19.7 Å². The second-order valence-electron chi connectivity index (χ2n) is 7.25. The number of likely N-dealkylation sites (tertiary alicyclic amines) is 1. The molecule has 0 spiro atoms. The van der Waals surface area contributed by atoms with Gasteiger partial charge in [-0.25, -0.2) is 0 Å². The minimum absolute atomic E-state index is 0.163. The Morgan fingerprint density at radius 2 is 2.07 bits per heavy atom. The Bertz CT molecular complexity index is 812. The first-order valence-corrected chi connectivity index (χ1v) is 10.5. The Hall–Kier alpha value is -1.79. The second kappa shape index (κ2) is 8.93. The molecule has 2 atom stereocenters. The van der Waals surface area contributed by atoms with Crippen LogP contribution in [0.2, 0.25) is 5.02 Å². The molecule has 0 N–H and O–H groups in total. The Labute approximate surface area is 169 Å². The molecule has 1 saturated heterocycles. The predicted octanol–water partition coefficient (Wildman–Crippen LogP) is 4.38. The van der Waals surface area contributed by atoms with Crippen LogP contribution in [0.15, 0.2) is 42.1 Å². The van der Waals surface area contributed by atoms with Crippen molar-refractivity contribution in [3.8, 4) is 11.4 Å². The quantitative estimate of drug-likeness (QED) is 0.529. The SMILES string of the molecule is C=CCn1c(SCC(=O)N2CC(C)CC(C)C2)nnc1-c1cccc(Cl)c1. The van der Waals surface area contributed by atoms with Crippen molar-refractivity contribution >= 4 is 29.3 Å². The lowest BCUT2D eigenvalue weighted by atomic mass is 9.92. The summed E-state index contributed by atoms with van der Waals surface area (Å²) in [6, 6.07) is 7.53. The fourth-order valence-electron chi connectivity index (χ4n) is 3.61. The lowest BCUT2D eigenvalue weighted by Gasteiger charge is -2.34. The Kier molecular flexibility index (Phi) is 6.60. The largest absolute Gasteiger partial charge is 0.341 e. The number of thioether (sulfide) groups is 1. The number of benzene rings is 1. The van der Waals surface area contributed by atoms with Crippen LogP contribution in [-0.2, 0) is 11.3 Å². The molecular weight excluding hydrogens is 380 g/mol. The van der Waals surface area contributed by atoms with Gasteiger partial charge in [-0.15, -0.1) is 16.8 Å². The molecule has 1 amide bonds. The summed E-state index contributed by atoms with van der Waals surface area (Å²) >= 11 is 7.54. The molecule has 144 valence electrons. The van der Waals surface area contributed by atoms with Gasteiger partial charge < -0.3 is 4.90 Å². The van der Waals surface area contributed by atoms with Crippen LogP contribution in [-0.4, -0.2) is 44.4 Å². The minimum atomic E-state index is 0.163. The third-order valence-electron chi connectivity index (χ3n) is 4.66. The van der Waals surface area contributed by atoms with Crippen LogP contribution < -0.4 is 0 Å². The van der Waals surface area contributed by atoms with Crippen molar-refractivity contribution < 1.29 is 4.79 Å². The standard InChI is InChI=1S/C20H25ClN4OS/c1-4-8-25-19(16-6-5-7-17(21)10-16)22-23-20(25)27-13-18(26)24-11-14(2)9-15(3)12-24/h4-7,10,14-15H,1,8-9,11-13H2,2-3H3. The van der Waals surface area contributed by atoms with Gasteiger partial charge >= 0.3 is 0 Å². The zero-order chi connectivity index (χ0) is 19.4. The van der Waals surface area contributed by atoms with Gasteiger partial charge in [0.1, 0.15) is 0 Å². The number of rotatable bonds is 6. The van der Waals surface area contributed by atoms with Crippen LogP contribution in [0.4, 0.5) is 0 Å². The van der Waals surface area contributed by atoms with Crippen molar-refractivity contribution in [2.24, 2.45) is 11.8 Å². The lowest BCUT2D eigenvalue weighted by Crippen LogP contribution is -2.43. The van der Waals surface area contributed by atoms with E-state index in [4.69, 9.17) is 11.6 Å². The summed E-state index contributed by atoms with van der Waals surface area (Å²) in [5, 5.41) is 9.99. The van der Waals surface area contributed by atoms with Gasteiger partial charge in [0.15, 0.2) is 11.0 Å². The Morgan fingerprint density at radius 1 is 1.33 bits per heavy atom. The number of amides is 1. The van der Waals surface area contributed by atoms with Crippen LogP contribution in [0.3, 0.4) is 0 Å². The summed E-state index contributed by atoms with van der Waals surface area (Å²) in [6.07, 6.45) is 2.99. The Balaban J connectivity index is 1.73. The molecule has 0 radical (unpaired) electrons. The van der Waals surface area contributed by atoms with Gasteiger partial charge in [0.05, 0.1) is 5.75 Å². The van der Waals surface area contributed by atoms with Crippen molar-refractivity contribution in [1.29, 1.82) is 0 Å². The summed E-state index contributed by atoms with van der Waals surface area (Å²) in [4.78, 5) is 14.6. The molecule has 7 heteroatoms. The molecule has 1 aliphatic heterocycles. The fraction of sp³-hybridized carbons (Fsp3) is 0.450. The molecule has 3 rings (SSSR count). The third kappa shape index (κ3) is 4.93. The van der Waals surface area contributed by atoms with E-state index in [1.165, 1.54) is 18.2 Å². The van der Waals surface area contributed by atoms with E-state index in [1.54, 1.807) is 6.08 Å². The average Bonchev–Trinajstić information content (AvgIpc) is 3.02. The highest BCUT2D eigenvalue weighted by molar-refractivity contribution is 7.99. The molecule has 27 heavy (non-hydrogen) atoms. The molecule has 2 unspecified atom stereocenters. The number of hydrogen-bond acceptors (Lipinski definition) is 4. The first-order valence-electron chi connectivity index (χ1n) is 9.18. The normalized spacial score (nSPS) is 19.9. The second-order valence-corrected chi connectivity index (χ2v) is 8.63. The van der Waals surface area contributed by atoms with Crippen LogP contribution in [0, 0.1) is 11.8 Å². The molecule has 5 nitrogen and oxygen atoms in total. The van der Waals surface area contributed by atoms with E-state index in [1.807, 2.05) is 33.7 Å². The Morgan fingerprint density at radius 3 is 2.74 bits per heavy atom. The number of piperidine rings is 1. The minimum Gasteiger partial charge on any atom is -0.341 e. The molecular formula is C20H25ClN4OS. The summed E-state index contributed by atoms with van der Waals surface area (Å²) in [5.74, 6) is 2.37. The molecule has 2 heterocycles. The number of halogens is 1. The van der Waals surface area contributed by atoms with Crippen molar-refractivity contribution in [3.63, 3.8) is 0 Å². The van der Waals surface area contributed by atoms with Gasteiger partial charge in [-0.3, -0.25) is 9.36 Å². The zero-order valence-corrected chi connectivity index (χ0v) is 17.3. The third-order valence-corrected chi connectivity index (χ3v) is 5.84. The molecule has 0 bridgehead atoms. The van der Waals surface area contributed by atoms with Crippen LogP contribution in [0.25, 0.3) is 11.4 Å². The van der Waals surface area contributed by atoms with Crippen LogP contribution >= 0.6 is 23.4 Å². The topological polar surface area (TPSA) is 51.0 Å². The number of carbonyl (C=O) groups is 1. The number of nitrogens with zero attached hydrogens (tertiary/aromatic N) is 4. The summed E-state index contributed by atoms with van der Waals surface area (Å²) in [7, 11) is 0. The number of hydrogen-bond donors (Lipinski definition) is 0. The van der Waals surface area contributed by atoms with E-state index in [-0.39, 0.29) is 5.91 Å². The first-order chi connectivity index (χ1) is 13.0. The molecule has 0 aliphatic carbocycles. The molecule has 0 saturated carbocycles. The number of allylic oxidation sites excluding steroid dienone is 1. The maximum absolute atomic E-state index is 12.7. The lowest BCUT2D eigenvalue weighted by molar-refractivity contribution is -0.130. The maximum Gasteiger partial charge on any atom is 0.233 e. The van der Waals surface area contributed by atoms with Gasteiger partial charge in [-0.2, -0.15) is 0 Å². The van der Waals surface area contributed by atoms with E-state index >= 15 is 0 Å². The summed E-state index contributed by atoms with van der Waals surface area (Å²) in [5.41, 5.74) is 0.897. The van der Waals surface area contributed by atoms with E-state index < -0.39 is 0 Å². The monoisotopic (exact) mass is 404 g/mol. The number of carbonyl (C=O) groups excluding carboxylic acids is 1. The van der Waals surface area contributed by atoms with Gasteiger partial charge in [-0.1, -0.05) is 55.4 Å². The van der Waals surface area contributed by atoms with Crippen molar-refractivity contribution in [3.05, 3.63) is 41.9 Å². The van der Waals surface area contributed by atoms with Crippen molar-refractivity contribution in [2.75, 3.05) is 18.8 Å². The highest BCUT2D eigenvalue weighted by Gasteiger charge is 2.26. The molecule has 1 fully saturated rings. The maximum atomic E-state index is 12.7. The molecule has 2 aromatic rings. The first kappa shape index (κ1) is 20.0. The van der Waals surface area contributed by atoms with E-state index in [9.17, 15) is 4.79 Å². The van der Waals surface area contributed by atoms with Gasteiger partial charge in [0, 0.05) is 30.2 Å². The van der Waals surface area contributed by atoms with Gasteiger partial charge in [-0.05, 0) is 30.4 Å². The molecule has 1 aliphatic rings. The highest BCUT2D eigenvalue weighted by Crippen LogP contribution is 2.27. The van der Waals surface area contributed by atoms with Crippen molar-refractivity contribution in [2.45, 2.75) is 32.0 Å². The van der Waals surface area contributed by atoms with E-state index in [0.29, 0.717) is 29.2 Å². The molecule has 1 aromatic carbocycles. The molecule has 1 aromatic heterocycles. The van der Waals surface area contributed by atoms with Gasteiger partial charge in [0.2, 0.25) is 5.91 Å². The summed E-state index contributed by atoms with van der Waals surface area (Å²) in [6.45, 7) is 10.5. The van der Waals surface area contributed by atoms with Gasteiger partial charge in [0.25, 0.3) is 0 Å². The highest BCUT2D eigenvalue weighted by atomic mass is 35.5. The van der Waals surface area contributed by atoms with E-state index in [0.717, 1.165) is 29.6 Å².